The van der Waals surface area contributed by atoms with Crippen LogP contribution >= 0.6 is 0 Å². The Balaban J connectivity index is 1.35. The zero-order chi connectivity index (χ0) is 21.5. The minimum atomic E-state index is 0.144. The second-order valence-electron chi connectivity index (χ2n) is 8.96. The van der Waals surface area contributed by atoms with E-state index in [1.807, 2.05) is 43.7 Å². The lowest BCUT2D eigenvalue weighted by atomic mass is 9.83. The van der Waals surface area contributed by atoms with Crippen LogP contribution in [0, 0.1) is 19.8 Å². The summed E-state index contributed by atoms with van der Waals surface area (Å²) in [7, 11) is 2.03. The molecular formula is C23H28N6O2. The first kappa shape index (κ1) is 19.9. The largest absolute Gasteiger partial charge is 0.361 e. The van der Waals surface area contributed by atoms with Gasteiger partial charge in [0.2, 0.25) is 0 Å². The second-order valence-corrected chi connectivity index (χ2v) is 8.96. The predicted molar refractivity (Wildman–Crippen MR) is 117 cm³/mol. The number of nitrogens with zero attached hydrogens (tertiary/aromatic N) is 6. The summed E-state index contributed by atoms with van der Waals surface area (Å²) in [4.78, 5) is 17.8. The summed E-state index contributed by atoms with van der Waals surface area (Å²) < 4.78 is 7.29. The van der Waals surface area contributed by atoms with E-state index in [9.17, 15) is 4.79 Å². The first-order chi connectivity index (χ1) is 15.0. The van der Waals surface area contributed by atoms with Crippen molar-refractivity contribution >= 4 is 5.82 Å². The van der Waals surface area contributed by atoms with Crippen molar-refractivity contribution in [3.63, 3.8) is 0 Å². The fraction of sp³-hybridized carbons (Fsp3) is 0.478. The van der Waals surface area contributed by atoms with Crippen LogP contribution in [0.5, 0.6) is 0 Å². The number of aromatic nitrogens is 4. The summed E-state index contributed by atoms with van der Waals surface area (Å²) in [6, 6.07) is 8.11. The number of rotatable bonds is 5. The molecule has 2 bridgehead atoms. The molecular weight excluding hydrogens is 392 g/mol. The normalized spacial score (nSPS) is 20.2. The summed E-state index contributed by atoms with van der Waals surface area (Å²) >= 11 is 0. The van der Waals surface area contributed by atoms with Crippen molar-refractivity contribution < 1.29 is 4.52 Å². The van der Waals surface area contributed by atoms with Crippen LogP contribution in [0.25, 0.3) is 0 Å². The molecule has 5 heterocycles. The van der Waals surface area contributed by atoms with Crippen molar-refractivity contribution in [1.29, 1.82) is 0 Å². The van der Waals surface area contributed by atoms with Gasteiger partial charge in [-0.1, -0.05) is 11.2 Å². The highest BCUT2D eigenvalue weighted by Crippen LogP contribution is 2.36. The summed E-state index contributed by atoms with van der Waals surface area (Å²) in [6.45, 7) is 7.75. The van der Waals surface area contributed by atoms with Gasteiger partial charge in [0.25, 0.3) is 5.56 Å². The van der Waals surface area contributed by atoms with E-state index >= 15 is 0 Å². The topological polar surface area (TPSA) is 80.3 Å². The molecule has 8 heteroatoms. The van der Waals surface area contributed by atoms with E-state index in [0.29, 0.717) is 24.9 Å². The second kappa shape index (κ2) is 7.92. The maximum atomic E-state index is 13.3. The molecule has 0 aliphatic carbocycles. The lowest BCUT2D eigenvalue weighted by Gasteiger charge is -2.43. The molecule has 0 saturated carbocycles. The third kappa shape index (κ3) is 3.76. The van der Waals surface area contributed by atoms with E-state index in [1.165, 1.54) is 0 Å². The van der Waals surface area contributed by atoms with Crippen LogP contribution in [0.3, 0.4) is 0 Å². The van der Waals surface area contributed by atoms with Crippen LogP contribution in [0.2, 0.25) is 0 Å². The van der Waals surface area contributed by atoms with Crippen LogP contribution in [0.4, 0.5) is 5.82 Å². The molecule has 162 valence electrons. The summed E-state index contributed by atoms with van der Waals surface area (Å²) in [5.74, 6) is 2.55. The first-order valence-corrected chi connectivity index (χ1v) is 10.8. The standard InChI is InChI=1S/C23H28N6O2/c1-15-20(16(2)31-26-15)14-27(3)12-18-6-7-21-19-9-17(11-29(21)23(18)30)10-28(13-19)22-5-4-8-24-25-22/h4-8,17,19H,9-14H2,1-3H3/t17-,19+/m0/s1. The Labute approximate surface area is 181 Å². The Hall–Kier alpha value is -3.00. The summed E-state index contributed by atoms with van der Waals surface area (Å²) in [6.07, 6.45) is 2.83. The summed E-state index contributed by atoms with van der Waals surface area (Å²) in [5.41, 5.74) is 4.13. The maximum absolute atomic E-state index is 13.3. The summed E-state index contributed by atoms with van der Waals surface area (Å²) in [5, 5.41) is 12.3. The van der Waals surface area contributed by atoms with Crippen molar-refractivity contribution in [3.8, 4) is 0 Å². The molecule has 2 aliphatic rings. The van der Waals surface area contributed by atoms with Crippen molar-refractivity contribution in [2.24, 2.45) is 5.92 Å². The molecule has 3 aromatic heterocycles. The minimum absolute atomic E-state index is 0.144. The number of hydrogen-bond acceptors (Lipinski definition) is 7. The average molecular weight is 421 g/mol. The monoisotopic (exact) mass is 420 g/mol. The van der Waals surface area contributed by atoms with Gasteiger partial charge >= 0.3 is 0 Å². The Bertz CT molecular complexity index is 1120. The van der Waals surface area contributed by atoms with Gasteiger partial charge in [0.05, 0.1) is 5.69 Å². The van der Waals surface area contributed by atoms with Crippen LogP contribution in [0.15, 0.2) is 39.8 Å². The average Bonchev–Trinajstić information content (AvgIpc) is 3.08. The molecule has 8 nitrogen and oxygen atoms in total. The molecule has 0 radical (unpaired) electrons. The number of aryl methyl sites for hydroxylation is 2. The molecule has 31 heavy (non-hydrogen) atoms. The quantitative estimate of drug-likeness (QED) is 0.627. The van der Waals surface area contributed by atoms with Crippen molar-refractivity contribution in [3.05, 3.63) is 69.1 Å². The molecule has 1 saturated heterocycles. The number of pyridine rings is 1. The van der Waals surface area contributed by atoms with Crippen LogP contribution in [0.1, 0.15) is 40.6 Å². The van der Waals surface area contributed by atoms with Gasteiger partial charge in [-0.15, -0.1) is 5.10 Å². The highest BCUT2D eigenvalue weighted by atomic mass is 16.5. The van der Waals surface area contributed by atoms with E-state index in [-0.39, 0.29) is 5.56 Å². The Morgan fingerprint density at radius 1 is 1.16 bits per heavy atom. The molecule has 0 aromatic carbocycles. The van der Waals surface area contributed by atoms with Gasteiger partial charge in [0.1, 0.15) is 5.76 Å². The highest BCUT2D eigenvalue weighted by molar-refractivity contribution is 5.39. The van der Waals surface area contributed by atoms with Crippen LogP contribution in [-0.4, -0.2) is 45.0 Å². The number of hydrogen-bond donors (Lipinski definition) is 0. The SMILES string of the molecule is Cc1noc(C)c1CN(C)Cc1ccc2n(c1=O)C[C@H]1C[C@@H]2CN(c2cccnn2)C1. The highest BCUT2D eigenvalue weighted by Gasteiger charge is 2.35. The van der Waals surface area contributed by atoms with Gasteiger partial charge in [0.15, 0.2) is 5.82 Å². The predicted octanol–water partition coefficient (Wildman–Crippen LogP) is 2.50. The van der Waals surface area contributed by atoms with Gasteiger partial charge in [-0.05, 0) is 51.4 Å². The van der Waals surface area contributed by atoms with E-state index in [0.717, 1.165) is 60.1 Å². The Kier molecular flexibility index (Phi) is 5.09. The van der Waals surface area contributed by atoms with Gasteiger partial charge in [-0.25, -0.2) is 0 Å². The third-order valence-electron chi connectivity index (χ3n) is 6.61. The zero-order valence-electron chi connectivity index (χ0n) is 18.3. The lowest BCUT2D eigenvalue weighted by Crippen LogP contribution is -2.48. The van der Waals surface area contributed by atoms with Gasteiger partial charge in [-0.3, -0.25) is 9.69 Å². The molecule has 0 amide bonds. The smallest absolute Gasteiger partial charge is 0.255 e. The Morgan fingerprint density at radius 2 is 2.03 bits per heavy atom. The van der Waals surface area contributed by atoms with Gasteiger partial charge < -0.3 is 14.0 Å². The van der Waals surface area contributed by atoms with Crippen LogP contribution < -0.4 is 10.5 Å². The van der Waals surface area contributed by atoms with E-state index in [2.05, 4.69) is 31.2 Å². The Morgan fingerprint density at radius 3 is 2.77 bits per heavy atom. The zero-order valence-corrected chi connectivity index (χ0v) is 18.3. The molecule has 0 unspecified atom stereocenters. The maximum Gasteiger partial charge on any atom is 0.255 e. The molecule has 5 rings (SSSR count). The van der Waals surface area contributed by atoms with Crippen molar-refractivity contribution in [2.75, 3.05) is 25.0 Å². The fourth-order valence-electron chi connectivity index (χ4n) is 5.10. The van der Waals surface area contributed by atoms with Gasteiger partial charge in [-0.2, -0.15) is 5.10 Å². The molecule has 0 N–H and O–H groups in total. The minimum Gasteiger partial charge on any atom is -0.361 e. The number of fused-ring (bicyclic) bond motifs is 4. The molecule has 0 spiro atoms. The number of piperidine rings is 1. The molecule has 3 aromatic rings. The number of anilines is 1. The van der Waals surface area contributed by atoms with Crippen molar-refractivity contribution in [1.82, 2.24) is 24.8 Å². The lowest BCUT2D eigenvalue weighted by molar-refractivity contribution is 0.275. The fourth-order valence-corrected chi connectivity index (χ4v) is 5.10. The van der Waals surface area contributed by atoms with Crippen LogP contribution in [-0.2, 0) is 19.6 Å². The first-order valence-electron chi connectivity index (χ1n) is 10.8. The van der Waals surface area contributed by atoms with Crippen molar-refractivity contribution in [2.45, 2.75) is 45.8 Å². The van der Waals surface area contributed by atoms with Gasteiger partial charge in [0, 0.05) is 61.7 Å². The van der Waals surface area contributed by atoms with E-state index < -0.39 is 0 Å². The third-order valence-corrected chi connectivity index (χ3v) is 6.61. The molecule has 2 aliphatic heterocycles. The molecule has 1 fully saturated rings. The van der Waals surface area contributed by atoms with E-state index in [1.54, 1.807) is 6.20 Å². The van der Waals surface area contributed by atoms with E-state index in [4.69, 9.17) is 4.52 Å². The molecule has 2 atom stereocenters.